The summed E-state index contributed by atoms with van der Waals surface area (Å²) in [5.41, 5.74) is 2.32. The van der Waals surface area contributed by atoms with E-state index in [1.807, 2.05) is 30.3 Å². The van der Waals surface area contributed by atoms with Gasteiger partial charge < -0.3 is 15.5 Å². The van der Waals surface area contributed by atoms with Crippen molar-refractivity contribution in [2.24, 2.45) is 0 Å². The molecule has 0 saturated carbocycles. The van der Waals surface area contributed by atoms with Crippen molar-refractivity contribution in [2.75, 3.05) is 28.6 Å². The second-order valence-electron chi connectivity index (χ2n) is 7.03. The van der Waals surface area contributed by atoms with Gasteiger partial charge in [0.1, 0.15) is 5.82 Å². The normalized spacial score (nSPS) is 13.1. The van der Waals surface area contributed by atoms with Crippen LogP contribution in [0.4, 0.5) is 28.6 Å². The fourth-order valence-corrected chi connectivity index (χ4v) is 3.46. The van der Waals surface area contributed by atoms with E-state index in [-0.39, 0.29) is 11.3 Å². The molecule has 0 spiro atoms. The van der Waals surface area contributed by atoms with E-state index in [4.69, 9.17) is 0 Å². The minimum Gasteiger partial charge on any atom is -0.371 e. The second-order valence-corrected chi connectivity index (χ2v) is 7.03. The highest BCUT2D eigenvalue weighted by Gasteiger charge is 2.22. The lowest BCUT2D eigenvalue weighted by Crippen LogP contribution is -2.23. The van der Waals surface area contributed by atoms with Crippen molar-refractivity contribution in [3.05, 3.63) is 82.5 Å². The molecule has 2 aromatic carbocycles. The largest absolute Gasteiger partial charge is 0.371 e. The first-order valence-electron chi connectivity index (χ1n) is 9.73. The number of nitro groups is 1. The maximum atomic E-state index is 12.9. The summed E-state index contributed by atoms with van der Waals surface area (Å²) in [5, 5.41) is 17.2. The molecule has 2 heterocycles. The number of nitro benzene ring substituents is 1. The van der Waals surface area contributed by atoms with Crippen LogP contribution in [0.2, 0.25) is 0 Å². The van der Waals surface area contributed by atoms with E-state index in [9.17, 15) is 14.9 Å². The average molecular weight is 403 g/mol. The first-order chi connectivity index (χ1) is 14.6. The molecule has 0 unspecified atom stereocenters. The first kappa shape index (κ1) is 19.4. The molecule has 3 aromatic rings. The summed E-state index contributed by atoms with van der Waals surface area (Å²) < 4.78 is 0. The fraction of sp³-hybridized carbons (Fsp3) is 0.182. The monoisotopic (exact) mass is 403 g/mol. The molecule has 0 atom stereocenters. The van der Waals surface area contributed by atoms with Gasteiger partial charge in [-0.15, -0.1) is 0 Å². The third-order valence-electron chi connectivity index (χ3n) is 4.95. The molecule has 30 heavy (non-hydrogen) atoms. The number of pyridine rings is 1. The SMILES string of the molecule is O=C(Nc1ccc(Nc2ccccc2)nc1)c1cc([N+](=O)[O-])ccc1N1CCCC1. The van der Waals surface area contributed by atoms with Gasteiger partial charge in [0, 0.05) is 30.9 Å². The van der Waals surface area contributed by atoms with Gasteiger partial charge in [-0.25, -0.2) is 4.98 Å². The van der Waals surface area contributed by atoms with Crippen LogP contribution < -0.4 is 15.5 Å². The summed E-state index contributed by atoms with van der Waals surface area (Å²) >= 11 is 0. The summed E-state index contributed by atoms with van der Waals surface area (Å²) in [6.07, 6.45) is 3.63. The first-order valence-corrected chi connectivity index (χ1v) is 9.73. The minimum atomic E-state index is -0.490. The molecule has 0 bridgehead atoms. The number of nitrogens with zero attached hydrogens (tertiary/aromatic N) is 3. The highest BCUT2D eigenvalue weighted by atomic mass is 16.6. The predicted molar refractivity (Wildman–Crippen MR) is 116 cm³/mol. The van der Waals surface area contributed by atoms with E-state index in [0.717, 1.165) is 31.6 Å². The predicted octanol–water partition coefficient (Wildman–Crippen LogP) is 4.59. The van der Waals surface area contributed by atoms with Crippen molar-refractivity contribution in [3.8, 4) is 0 Å². The molecule has 8 heteroatoms. The Hall–Kier alpha value is -3.94. The maximum Gasteiger partial charge on any atom is 0.270 e. The molecule has 2 N–H and O–H groups in total. The fourth-order valence-electron chi connectivity index (χ4n) is 3.46. The molecule has 1 fully saturated rings. The molecule has 1 amide bonds. The standard InChI is InChI=1S/C22H21N5O3/c28-22(19-14-18(27(29)30)9-10-20(19)26-12-4-5-13-26)25-17-8-11-21(23-15-17)24-16-6-2-1-3-7-16/h1-3,6-11,14-15H,4-5,12-13H2,(H,23,24)(H,25,28). The van der Waals surface area contributed by atoms with E-state index in [1.54, 1.807) is 24.4 Å². The molecule has 1 saturated heterocycles. The zero-order chi connectivity index (χ0) is 20.9. The van der Waals surface area contributed by atoms with Crippen molar-refractivity contribution >= 4 is 34.5 Å². The summed E-state index contributed by atoms with van der Waals surface area (Å²) in [6, 6.07) is 17.6. The number of benzene rings is 2. The van der Waals surface area contributed by atoms with Crippen molar-refractivity contribution in [1.29, 1.82) is 0 Å². The molecule has 1 aliphatic rings. The van der Waals surface area contributed by atoms with E-state index in [1.165, 1.54) is 12.1 Å². The quantitative estimate of drug-likeness (QED) is 0.461. The topological polar surface area (TPSA) is 100 Å². The van der Waals surface area contributed by atoms with Gasteiger partial charge in [-0.2, -0.15) is 0 Å². The molecule has 8 nitrogen and oxygen atoms in total. The Balaban J connectivity index is 1.52. The lowest BCUT2D eigenvalue weighted by molar-refractivity contribution is -0.384. The summed E-state index contributed by atoms with van der Waals surface area (Å²) in [5.74, 6) is 0.249. The lowest BCUT2D eigenvalue weighted by atomic mass is 10.1. The number of amides is 1. The van der Waals surface area contributed by atoms with Gasteiger partial charge in [0.15, 0.2) is 0 Å². The molecule has 0 radical (unpaired) electrons. The van der Waals surface area contributed by atoms with Crippen LogP contribution in [0.25, 0.3) is 0 Å². The van der Waals surface area contributed by atoms with Crippen LogP contribution in [-0.4, -0.2) is 28.9 Å². The molecule has 152 valence electrons. The van der Waals surface area contributed by atoms with Crippen molar-refractivity contribution in [3.63, 3.8) is 0 Å². The van der Waals surface area contributed by atoms with Crippen LogP contribution in [0.1, 0.15) is 23.2 Å². The zero-order valence-electron chi connectivity index (χ0n) is 16.2. The van der Waals surface area contributed by atoms with Gasteiger partial charge in [-0.05, 0) is 43.2 Å². The number of carbonyl (C=O) groups is 1. The summed E-state index contributed by atoms with van der Waals surface area (Å²) in [7, 11) is 0. The van der Waals surface area contributed by atoms with E-state index in [0.29, 0.717) is 17.2 Å². The molecule has 4 rings (SSSR count). The molecular weight excluding hydrogens is 382 g/mol. The number of carbonyl (C=O) groups excluding carboxylic acids is 1. The van der Waals surface area contributed by atoms with Gasteiger partial charge in [0.05, 0.1) is 28.1 Å². The molecule has 1 aliphatic heterocycles. The third kappa shape index (κ3) is 4.38. The third-order valence-corrected chi connectivity index (χ3v) is 4.95. The minimum absolute atomic E-state index is 0.108. The average Bonchev–Trinajstić information content (AvgIpc) is 3.30. The van der Waals surface area contributed by atoms with E-state index < -0.39 is 10.8 Å². The number of hydrogen-bond acceptors (Lipinski definition) is 6. The van der Waals surface area contributed by atoms with Crippen LogP contribution in [0.3, 0.4) is 0 Å². The van der Waals surface area contributed by atoms with Gasteiger partial charge in [0.25, 0.3) is 11.6 Å². The molecular formula is C22H21N5O3. The van der Waals surface area contributed by atoms with Crippen LogP contribution in [0.5, 0.6) is 0 Å². The van der Waals surface area contributed by atoms with Crippen LogP contribution in [0, 0.1) is 10.1 Å². The number of rotatable bonds is 6. The Morgan fingerprint density at radius 1 is 1.00 bits per heavy atom. The van der Waals surface area contributed by atoms with Crippen molar-refractivity contribution < 1.29 is 9.72 Å². The highest BCUT2D eigenvalue weighted by molar-refractivity contribution is 6.08. The van der Waals surface area contributed by atoms with Gasteiger partial charge in [-0.1, -0.05) is 18.2 Å². The van der Waals surface area contributed by atoms with Crippen molar-refractivity contribution in [1.82, 2.24) is 4.98 Å². The molecule has 0 aliphatic carbocycles. The smallest absolute Gasteiger partial charge is 0.270 e. The van der Waals surface area contributed by atoms with Crippen LogP contribution in [-0.2, 0) is 0 Å². The number of nitrogens with one attached hydrogen (secondary N) is 2. The number of aromatic nitrogens is 1. The van der Waals surface area contributed by atoms with Gasteiger partial charge in [0.2, 0.25) is 0 Å². The summed E-state index contributed by atoms with van der Waals surface area (Å²) in [4.78, 5) is 30.1. The Bertz CT molecular complexity index is 1050. The van der Waals surface area contributed by atoms with Crippen molar-refractivity contribution in [2.45, 2.75) is 12.8 Å². The number of para-hydroxylation sites is 1. The Morgan fingerprint density at radius 3 is 2.43 bits per heavy atom. The van der Waals surface area contributed by atoms with Crippen LogP contribution >= 0.6 is 0 Å². The van der Waals surface area contributed by atoms with E-state index >= 15 is 0 Å². The Kier molecular flexibility index (Phi) is 5.56. The van der Waals surface area contributed by atoms with Gasteiger partial charge in [-0.3, -0.25) is 14.9 Å². The number of hydrogen-bond donors (Lipinski definition) is 2. The number of non-ortho nitro benzene ring substituents is 1. The molecule has 1 aromatic heterocycles. The highest BCUT2D eigenvalue weighted by Crippen LogP contribution is 2.29. The second kappa shape index (κ2) is 8.60. The number of anilines is 4. The van der Waals surface area contributed by atoms with Gasteiger partial charge >= 0.3 is 0 Å². The lowest BCUT2D eigenvalue weighted by Gasteiger charge is -2.20. The zero-order valence-corrected chi connectivity index (χ0v) is 16.2. The van der Waals surface area contributed by atoms with E-state index in [2.05, 4.69) is 20.5 Å². The maximum absolute atomic E-state index is 12.9. The Labute approximate surface area is 173 Å². The summed E-state index contributed by atoms with van der Waals surface area (Å²) in [6.45, 7) is 1.67. The van der Waals surface area contributed by atoms with Crippen LogP contribution in [0.15, 0.2) is 66.9 Å². The Morgan fingerprint density at radius 2 is 1.77 bits per heavy atom.